The molecule has 0 aromatic rings. The van der Waals surface area contributed by atoms with E-state index in [1.807, 2.05) is 11.8 Å². The van der Waals surface area contributed by atoms with Gasteiger partial charge >= 0.3 is 0 Å². The Morgan fingerprint density at radius 2 is 2.06 bits per heavy atom. The van der Waals surface area contributed by atoms with Gasteiger partial charge in [0.05, 0.1) is 12.1 Å². The molecule has 0 saturated carbocycles. The van der Waals surface area contributed by atoms with Gasteiger partial charge in [0.25, 0.3) is 0 Å². The molecule has 1 aliphatic rings. The fraction of sp³-hybridized carbons (Fsp3) is 0.923. The summed E-state index contributed by atoms with van der Waals surface area (Å²) in [6.45, 7) is 8.57. The second kappa shape index (κ2) is 7.07. The van der Waals surface area contributed by atoms with Crippen LogP contribution in [0.2, 0.25) is 0 Å². The average molecular weight is 258 g/mol. The predicted molar refractivity (Wildman–Crippen MR) is 70.4 cm³/mol. The van der Waals surface area contributed by atoms with Crippen LogP contribution in [0.1, 0.15) is 33.6 Å². The van der Waals surface area contributed by atoms with E-state index in [9.17, 15) is 9.90 Å². The highest BCUT2D eigenvalue weighted by Crippen LogP contribution is 2.07. The molecule has 0 radical (unpaired) electrons. The van der Waals surface area contributed by atoms with E-state index in [4.69, 9.17) is 4.74 Å². The molecule has 0 spiro atoms. The number of hydrogen-bond donors (Lipinski definition) is 2. The maximum Gasteiger partial charge on any atom is 0.234 e. The van der Waals surface area contributed by atoms with E-state index in [1.165, 1.54) is 0 Å². The zero-order chi connectivity index (χ0) is 13.6. The molecule has 1 heterocycles. The number of likely N-dealkylation sites (N-methyl/N-ethyl adjacent to an activating group) is 1. The number of nitrogens with one attached hydrogen (secondary N) is 1. The molecule has 1 rings (SSSR count). The molecule has 1 saturated heterocycles. The second-order valence-corrected chi connectivity index (χ2v) is 5.57. The van der Waals surface area contributed by atoms with Crippen LogP contribution in [0, 0.1) is 0 Å². The molecule has 0 atom stereocenters. The van der Waals surface area contributed by atoms with Gasteiger partial charge in [0, 0.05) is 25.8 Å². The summed E-state index contributed by atoms with van der Waals surface area (Å²) in [5.41, 5.74) is -0.769. The molecule has 0 bridgehead atoms. The summed E-state index contributed by atoms with van der Waals surface area (Å²) < 4.78 is 5.25. The number of hydrogen-bond acceptors (Lipinski definition) is 4. The SMILES string of the molecule is CCN(CC(=O)NC1CCOCC1)CC(C)(C)O. The number of carbonyl (C=O) groups is 1. The van der Waals surface area contributed by atoms with Crippen molar-refractivity contribution in [1.82, 2.24) is 10.2 Å². The molecule has 106 valence electrons. The number of ether oxygens (including phenoxy) is 1. The Morgan fingerprint density at radius 3 is 2.56 bits per heavy atom. The van der Waals surface area contributed by atoms with Gasteiger partial charge in [-0.2, -0.15) is 0 Å². The second-order valence-electron chi connectivity index (χ2n) is 5.57. The minimum absolute atomic E-state index is 0.0352. The third kappa shape index (κ3) is 6.33. The highest BCUT2D eigenvalue weighted by atomic mass is 16.5. The maximum absolute atomic E-state index is 11.9. The van der Waals surface area contributed by atoms with Gasteiger partial charge in [-0.1, -0.05) is 6.92 Å². The van der Waals surface area contributed by atoms with E-state index in [0.717, 1.165) is 32.6 Å². The fourth-order valence-electron chi connectivity index (χ4n) is 2.15. The van der Waals surface area contributed by atoms with Gasteiger partial charge in [-0.3, -0.25) is 9.69 Å². The van der Waals surface area contributed by atoms with Gasteiger partial charge in [-0.05, 0) is 33.2 Å². The normalized spacial score (nSPS) is 18.1. The third-order valence-electron chi connectivity index (χ3n) is 3.01. The summed E-state index contributed by atoms with van der Waals surface area (Å²) in [4.78, 5) is 13.8. The van der Waals surface area contributed by atoms with E-state index in [0.29, 0.717) is 13.1 Å². The molecule has 1 aliphatic heterocycles. The molecule has 2 N–H and O–H groups in total. The summed E-state index contributed by atoms with van der Waals surface area (Å²) in [7, 11) is 0. The van der Waals surface area contributed by atoms with Crippen molar-refractivity contribution in [3.8, 4) is 0 Å². The molecule has 5 heteroatoms. The molecular weight excluding hydrogens is 232 g/mol. The lowest BCUT2D eigenvalue weighted by Crippen LogP contribution is -2.47. The van der Waals surface area contributed by atoms with Crippen molar-refractivity contribution >= 4 is 5.91 Å². The topological polar surface area (TPSA) is 61.8 Å². The van der Waals surface area contributed by atoms with Crippen molar-refractivity contribution in [3.63, 3.8) is 0 Å². The standard InChI is InChI=1S/C13H26N2O3/c1-4-15(10-13(2,3)17)9-12(16)14-11-5-7-18-8-6-11/h11,17H,4-10H2,1-3H3,(H,14,16). The minimum Gasteiger partial charge on any atom is -0.389 e. The summed E-state index contributed by atoms with van der Waals surface area (Å²) in [5, 5.41) is 12.8. The van der Waals surface area contributed by atoms with Crippen LogP contribution in [-0.4, -0.2) is 60.4 Å². The van der Waals surface area contributed by atoms with Gasteiger partial charge < -0.3 is 15.2 Å². The number of amides is 1. The lowest BCUT2D eigenvalue weighted by atomic mass is 10.1. The lowest BCUT2D eigenvalue weighted by molar-refractivity contribution is -0.124. The van der Waals surface area contributed by atoms with Crippen molar-refractivity contribution in [2.45, 2.75) is 45.3 Å². The van der Waals surface area contributed by atoms with E-state index in [2.05, 4.69) is 5.32 Å². The molecule has 18 heavy (non-hydrogen) atoms. The van der Waals surface area contributed by atoms with E-state index < -0.39 is 5.60 Å². The predicted octanol–water partition coefficient (Wildman–Crippen LogP) is 0.374. The zero-order valence-corrected chi connectivity index (χ0v) is 11.7. The Labute approximate surface area is 109 Å². The third-order valence-corrected chi connectivity index (χ3v) is 3.01. The molecular formula is C13H26N2O3. The summed E-state index contributed by atoms with van der Waals surface area (Å²) >= 11 is 0. The van der Waals surface area contributed by atoms with Gasteiger partial charge in [-0.15, -0.1) is 0 Å². The van der Waals surface area contributed by atoms with Crippen LogP contribution < -0.4 is 5.32 Å². The quantitative estimate of drug-likeness (QED) is 0.723. The van der Waals surface area contributed by atoms with Crippen LogP contribution in [0.25, 0.3) is 0 Å². The van der Waals surface area contributed by atoms with E-state index >= 15 is 0 Å². The first kappa shape index (κ1) is 15.4. The zero-order valence-electron chi connectivity index (χ0n) is 11.7. The fourth-order valence-corrected chi connectivity index (χ4v) is 2.15. The van der Waals surface area contributed by atoms with Gasteiger partial charge in [-0.25, -0.2) is 0 Å². The van der Waals surface area contributed by atoms with Crippen molar-refractivity contribution in [2.75, 3.05) is 32.8 Å². The van der Waals surface area contributed by atoms with Gasteiger partial charge in [0.2, 0.25) is 5.91 Å². The smallest absolute Gasteiger partial charge is 0.234 e. The first-order chi connectivity index (χ1) is 8.40. The average Bonchev–Trinajstić information content (AvgIpc) is 2.27. The van der Waals surface area contributed by atoms with Crippen LogP contribution >= 0.6 is 0 Å². The van der Waals surface area contributed by atoms with Gasteiger partial charge in [0.1, 0.15) is 0 Å². The van der Waals surface area contributed by atoms with Crippen LogP contribution in [0.5, 0.6) is 0 Å². The van der Waals surface area contributed by atoms with E-state index in [1.54, 1.807) is 13.8 Å². The van der Waals surface area contributed by atoms with Crippen molar-refractivity contribution in [3.05, 3.63) is 0 Å². The number of nitrogens with zero attached hydrogens (tertiary/aromatic N) is 1. The van der Waals surface area contributed by atoms with Crippen molar-refractivity contribution in [1.29, 1.82) is 0 Å². The largest absolute Gasteiger partial charge is 0.389 e. The molecule has 0 unspecified atom stereocenters. The van der Waals surface area contributed by atoms with Gasteiger partial charge in [0.15, 0.2) is 0 Å². The highest BCUT2D eigenvalue weighted by molar-refractivity contribution is 5.78. The lowest BCUT2D eigenvalue weighted by Gasteiger charge is -2.29. The van der Waals surface area contributed by atoms with Crippen LogP contribution in [0.3, 0.4) is 0 Å². The molecule has 1 amide bonds. The van der Waals surface area contributed by atoms with Crippen LogP contribution in [-0.2, 0) is 9.53 Å². The monoisotopic (exact) mass is 258 g/mol. The minimum atomic E-state index is -0.769. The Hall–Kier alpha value is -0.650. The van der Waals surface area contributed by atoms with Crippen LogP contribution in [0.4, 0.5) is 0 Å². The number of rotatable bonds is 6. The maximum atomic E-state index is 11.9. The molecule has 1 fully saturated rings. The summed E-state index contributed by atoms with van der Waals surface area (Å²) in [5.74, 6) is 0.0352. The van der Waals surface area contributed by atoms with Crippen molar-refractivity contribution < 1.29 is 14.6 Å². The summed E-state index contributed by atoms with van der Waals surface area (Å²) in [6, 6.07) is 0.243. The van der Waals surface area contributed by atoms with Crippen LogP contribution in [0.15, 0.2) is 0 Å². The Balaban J connectivity index is 2.32. The molecule has 0 aromatic heterocycles. The number of aliphatic hydroxyl groups is 1. The molecule has 0 aliphatic carbocycles. The van der Waals surface area contributed by atoms with E-state index in [-0.39, 0.29) is 11.9 Å². The first-order valence-corrected chi connectivity index (χ1v) is 6.72. The Morgan fingerprint density at radius 1 is 1.44 bits per heavy atom. The first-order valence-electron chi connectivity index (χ1n) is 6.72. The molecule has 0 aromatic carbocycles. The highest BCUT2D eigenvalue weighted by Gasteiger charge is 2.21. The molecule has 5 nitrogen and oxygen atoms in total. The number of carbonyl (C=O) groups excluding carboxylic acids is 1. The summed E-state index contributed by atoms with van der Waals surface area (Å²) in [6.07, 6.45) is 1.78. The Bertz CT molecular complexity index is 257. The Kier molecular flexibility index (Phi) is 6.05. The van der Waals surface area contributed by atoms with Crippen molar-refractivity contribution in [2.24, 2.45) is 0 Å².